The van der Waals surface area contributed by atoms with E-state index >= 15 is 0 Å². The lowest BCUT2D eigenvalue weighted by Gasteiger charge is -2.37. The zero-order chi connectivity index (χ0) is 25.3. The molecule has 0 atom stereocenters. The van der Waals surface area contributed by atoms with Gasteiger partial charge in [-0.2, -0.15) is 5.10 Å². The van der Waals surface area contributed by atoms with E-state index in [1.165, 1.54) is 18.0 Å². The van der Waals surface area contributed by atoms with Crippen LogP contribution in [0.3, 0.4) is 0 Å². The van der Waals surface area contributed by atoms with Crippen molar-refractivity contribution in [1.82, 2.24) is 29.5 Å². The third kappa shape index (κ3) is 4.64. The molecule has 2 fully saturated rings. The van der Waals surface area contributed by atoms with E-state index in [0.717, 1.165) is 11.3 Å². The highest BCUT2D eigenvalue weighted by atomic mass is 16.5. The quantitative estimate of drug-likeness (QED) is 0.598. The van der Waals surface area contributed by atoms with Gasteiger partial charge in [0.2, 0.25) is 11.8 Å². The molecule has 0 saturated carbocycles. The van der Waals surface area contributed by atoms with E-state index in [2.05, 4.69) is 20.4 Å². The first kappa shape index (κ1) is 23.5. The highest BCUT2D eigenvalue weighted by Gasteiger charge is 2.50. The molecule has 36 heavy (non-hydrogen) atoms. The van der Waals surface area contributed by atoms with Crippen molar-refractivity contribution in [2.75, 3.05) is 25.0 Å². The number of carbonyl (C=O) groups excluding carboxylic acids is 3. The van der Waals surface area contributed by atoms with Crippen molar-refractivity contribution in [2.24, 2.45) is 12.5 Å². The minimum absolute atomic E-state index is 0.0151. The fourth-order valence-electron chi connectivity index (χ4n) is 4.74. The number of piperidine rings is 1. The molecular formula is C25H27N7O4. The van der Waals surface area contributed by atoms with Gasteiger partial charge in [-0.3, -0.25) is 29.5 Å². The molecule has 0 unspecified atom stereocenters. The number of nitrogens with one attached hydrogen (secondary N) is 1. The van der Waals surface area contributed by atoms with Crippen LogP contribution in [-0.2, 0) is 16.6 Å². The lowest BCUT2D eigenvalue weighted by molar-refractivity contribution is -0.140. The Morgan fingerprint density at radius 2 is 1.81 bits per heavy atom. The Labute approximate surface area is 208 Å². The highest BCUT2D eigenvalue weighted by Crippen LogP contribution is 2.41. The Balaban J connectivity index is 1.19. The molecule has 11 heteroatoms. The van der Waals surface area contributed by atoms with Crippen LogP contribution in [0.4, 0.5) is 10.6 Å². The molecule has 0 aromatic carbocycles. The summed E-state index contributed by atoms with van der Waals surface area (Å²) >= 11 is 0. The molecule has 11 nitrogen and oxygen atoms in total. The first-order chi connectivity index (χ1) is 17.3. The van der Waals surface area contributed by atoms with Gasteiger partial charge in [-0.05, 0) is 37.5 Å². The third-order valence-electron chi connectivity index (χ3n) is 6.86. The Morgan fingerprint density at radius 1 is 1.03 bits per heavy atom. The zero-order valence-corrected chi connectivity index (χ0v) is 20.2. The third-order valence-corrected chi connectivity index (χ3v) is 6.86. The molecule has 1 N–H and O–H groups in total. The second kappa shape index (κ2) is 9.40. The molecule has 3 aromatic rings. The standard InChI is InChI=1S/C25H27N7O4/c1-17(33)31-10-6-25(7-11-31)8-12-32(23(25)34)24(35)29-22-4-3-20(15-27-22)36-19-5-9-26-21(13-19)18-14-28-30(2)16-18/h3-5,9,13-16H,6-8,10-12H2,1-2H3,(H,27,29,35). The summed E-state index contributed by atoms with van der Waals surface area (Å²) in [6.45, 7) is 2.98. The van der Waals surface area contributed by atoms with Crippen molar-refractivity contribution in [3.8, 4) is 22.8 Å². The van der Waals surface area contributed by atoms with Crippen LogP contribution in [0.2, 0.25) is 0 Å². The number of rotatable bonds is 4. The number of carbonyl (C=O) groups is 3. The first-order valence-electron chi connectivity index (χ1n) is 11.8. The number of hydrogen-bond donors (Lipinski definition) is 1. The Morgan fingerprint density at radius 3 is 2.47 bits per heavy atom. The van der Waals surface area contributed by atoms with Gasteiger partial charge in [-0.25, -0.2) is 9.78 Å². The number of ether oxygens (including phenoxy) is 1. The van der Waals surface area contributed by atoms with Gasteiger partial charge in [0.1, 0.15) is 17.3 Å². The van der Waals surface area contributed by atoms with Crippen LogP contribution in [0.1, 0.15) is 26.2 Å². The van der Waals surface area contributed by atoms with Crippen molar-refractivity contribution < 1.29 is 19.1 Å². The molecule has 2 aliphatic rings. The molecule has 4 amide bonds. The summed E-state index contributed by atoms with van der Waals surface area (Å²) in [5.41, 5.74) is 1.05. The van der Waals surface area contributed by atoms with Gasteiger partial charge < -0.3 is 9.64 Å². The van der Waals surface area contributed by atoms with Crippen molar-refractivity contribution >= 4 is 23.7 Å². The average Bonchev–Trinajstić information content (AvgIpc) is 3.44. The van der Waals surface area contributed by atoms with Gasteiger partial charge in [0.05, 0.1) is 23.5 Å². The maximum atomic E-state index is 13.1. The van der Waals surface area contributed by atoms with Crippen LogP contribution in [0.25, 0.3) is 11.3 Å². The number of likely N-dealkylation sites (tertiary alicyclic amines) is 2. The summed E-state index contributed by atoms with van der Waals surface area (Å²) in [6, 6.07) is 6.37. The Bertz CT molecular complexity index is 1300. The summed E-state index contributed by atoms with van der Waals surface area (Å²) in [4.78, 5) is 49.1. The molecule has 2 aliphatic heterocycles. The molecule has 5 heterocycles. The van der Waals surface area contributed by atoms with Gasteiger partial charge >= 0.3 is 6.03 Å². The number of anilines is 1. The number of hydrogen-bond acceptors (Lipinski definition) is 7. The van der Waals surface area contributed by atoms with Gasteiger partial charge in [-0.1, -0.05) is 0 Å². The maximum absolute atomic E-state index is 13.1. The van der Waals surface area contributed by atoms with E-state index in [1.807, 2.05) is 19.3 Å². The molecule has 0 bridgehead atoms. The molecule has 0 radical (unpaired) electrons. The van der Waals surface area contributed by atoms with E-state index in [1.54, 1.807) is 40.2 Å². The fourth-order valence-corrected chi connectivity index (χ4v) is 4.74. The molecule has 3 aromatic heterocycles. The molecule has 2 saturated heterocycles. The predicted octanol–water partition coefficient (Wildman–Crippen LogP) is 3.06. The Hall–Kier alpha value is -4.28. The summed E-state index contributed by atoms with van der Waals surface area (Å²) < 4.78 is 7.59. The van der Waals surface area contributed by atoms with Crippen molar-refractivity contribution in [3.05, 3.63) is 49.1 Å². The normalized spacial score (nSPS) is 16.9. The largest absolute Gasteiger partial charge is 0.456 e. The van der Waals surface area contributed by atoms with Gasteiger partial charge in [0.25, 0.3) is 0 Å². The number of urea groups is 1. The smallest absolute Gasteiger partial charge is 0.329 e. The predicted molar refractivity (Wildman–Crippen MR) is 130 cm³/mol. The van der Waals surface area contributed by atoms with Gasteiger partial charge in [-0.15, -0.1) is 0 Å². The fraction of sp³-hybridized carbons (Fsp3) is 0.360. The number of aryl methyl sites for hydroxylation is 1. The first-order valence-corrected chi connectivity index (χ1v) is 11.8. The summed E-state index contributed by atoms with van der Waals surface area (Å²) in [6.07, 6.45) is 8.53. The number of imide groups is 1. The van der Waals surface area contributed by atoms with Crippen LogP contribution >= 0.6 is 0 Å². The van der Waals surface area contributed by atoms with Crippen LogP contribution < -0.4 is 10.1 Å². The molecular weight excluding hydrogens is 462 g/mol. The summed E-state index contributed by atoms with van der Waals surface area (Å²) in [7, 11) is 1.84. The van der Waals surface area contributed by atoms with E-state index in [0.29, 0.717) is 56.2 Å². The minimum atomic E-state index is -0.562. The number of nitrogens with zero attached hydrogens (tertiary/aromatic N) is 6. The summed E-state index contributed by atoms with van der Waals surface area (Å²) in [5.74, 6) is 1.24. The topological polar surface area (TPSA) is 123 Å². The highest BCUT2D eigenvalue weighted by molar-refractivity contribution is 6.04. The van der Waals surface area contributed by atoms with Crippen LogP contribution in [0.15, 0.2) is 49.1 Å². The van der Waals surface area contributed by atoms with E-state index in [4.69, 9.17) is 4.74 Å². The molecule has 5 rings (SSSR count). The van der Waals surface area contributed by atoms with Crippen LogP contribution in [0, 0.1) is 5.41 Å². The van der Waals surface area contributed by atoms with E-state index in [9.17, 15) is 14.4 Å². The van der Waals surface area contributed by atoms with E-state index < -0.39 is 11.4 Å². The van der Waals surface area contributed by atoms with Crippen molar-refractivity contribution in [1.29, 1.82) is 0 Å². The second-order valence-electron chi connectivity index (χ2n) is 9.18. The molecule has 186 valence electrons. The van der Waals surface area contributed by atoms with Gasteiger partial charge in [0, 0.05) is 57.6 Å². The van der Waals surface area contributed by atoms with Gasteiger partial charge in [0.15, 0.2) is 0 Å². The Kier molecular flexibility index (Phi) is 6.13. The maximum Gasteiger partial charge on any atom is 0.329 e. The molecule has 0 aliphatic carbocycles. The second-order valence-corrected chi connectivity index (χ2v) is 9.18. The number of aromatic nitrogens is 4. The van der Waals surface area contributed by atoms with Crippen molar-refractivity contribution in [3.63, 3.8) is 0 Å². The number of amides is 4. The lowest BCUT2D eigenvalue weighted by atomic mass is 9.77. The van der Waals surface area contributed by atoms with Crippen LogP contribution in [0.5, 0.6) is 11.5 Å². The lowest BCUT2D eigenvalue weighted by Crippen LogP contribution is -2.47. The van der Waals surface area contributed by atoms with Crippen molar-refractivity contribution in [2.45, 2.75) is 26.2 Å². The monoisotopic (exact) mass is 489 g/mol. The average molecular weight is 490 g/mol. The number of pyridine rings is 2. The molecule has 1 spiro atoms. The van der Waals surface area contributed by atoms with Crippen LogP contribution in [-0.4, -0.2) is 67.0 Å². The minimum Gasteiger partial charge on any atom is -0.456 e. The SMILES string of the molecule is CC(=O)N1CCC2(CC1)CCN(C(=O)Nc1ccc(Oc3ccnc(-c4cnn(C)c4)c3)cn1)C2=O. The summed E-state index contributed by atoms with van der Waals surface area (Å²) in [5, 5.41) is 6.86. The zero-order valence-electron chi connectivity index (χ0n) is 20.2. The van der Waals surface area contributed by atoms with E-state index in [-0.39, 0.29) is 11.8 Å².